The minimum absolute atomic E-state index is 0.0671. The highest BCUT2D eigenvalue weighted by Crippen LogP contribution is 2.20. The summed E-state index contributed by atoms with van der Waals surface area (Å²) < 4.78 is 0. The van der Waals surface area contributed by atoms with Crippen LogP contribution in [0.3, 0.4) is 0 Å². The second-order valence-corrected chi connectivity index (χ2v) is 5.44. The van der Waals surface area contributed by atoms with Crippen molar-refractivity contribution >= 4 is 5.97 Å². The molecule has 0 bridgehead atoms. The van der Waals surface area contributed by atoms with Crippen LogP contribution in [0.1, 0.15) is 36.7 Å². The van der Waals surface area contributed by atoms with Crippen molar-refractivity contribution in [3.8, 4) is 5.75 Å². The van der Waals surface area contributed by atoms with Crippen LogP contribution in [0.5, 0.6) is 5.75 Å². The number of carboxylic acids is 1. The number of benzene rings is 2. The van der Waals surface area contributed by atoms with Crippen molar-refractivity contribution < 1.29 is 15.0 Å². The first kappa shape index (κ1) is 15.8. The molecule has 0 radical (unpaired) electrons. The zero-order valence-corrected chi connectivity index (χ0v) is 12.0. The van der Waals surface area contributed by atoms with Gasteiger partial charge in [-0.25, -0.2) is 4.79 Å². The van der Waals surface area contributed by atoms with Crippen molar-refractivity contribution in [3.63, 3.8) is 0 Å². The molecule has 0 amide bonds. The molecule has 20 heavy (non-hydrogen) atoms. The summed E-state index contributed by atoms with van der Waals surface area (Å²) in [4.78, 5) is 10.3. The molecule has 0 fully saturated rings. The third-order valence-corrected chi connectivity index (χ3v) is 2.77. The molecule has 2 rings (SSSR count). The van der Waals surface area contributed by atoms with Crippen LogP contribution >= 0.6 is 0 Å². The molecule has 106 valence electrons. The molecule has 3 nitrogen and oxygen atoms in total. The third kappa shape index (κ3) is 4.76. The Balaban J connectivity index is 0.000000200. The minimum atomic E-state index is -1.11. The van der Waals surface area contributed by atoms with Gasteiger partial charge in [0.2, 0.25) is 0 Å². The Hall–Kier alpha value is -2.29. The summed E-state index contributed by atoms with van der Waals surface area (Å²) in [6.07, 6.45) is 0. The smallest absolute Gasteiger partial charge is 0.339 e. The minimum Gasteiger partial charge on any atom is -0.507 e. The largest absolute Gasteiger partial charge is 0.507 e. The molecule has 0 aromatic heterocycles. The average molecular weight is 272 g/mol. The van der Waals surface area contributed by atoms with E-state index in [0.29, 0.717) is 5.41 Å². The van der Waals surface area contributed by atoms with Crippen LogP contribution in [-0.2, 0) is 5.41 Å². The van der Waals surface area contributed by atoms with E-state index in [1.165, 1.54) is 17.7 Å². The predicted molar refractivity (Wildman–Crippen MR) is 80.2 cm³/mol. The SMILES string of the molecule is CC(C)(C)c1ccccc1.O=C(O)c1ccccc1O. The van der Waals surface area contributed by atoms with Gasteiger partial charge in [0, 0.05) is 0 Å². The lowest BCUT2D eigenvalue weighted by molar-refractivity contribution is 0.0693. The molecule has 0 aliphatic rings. The first-order chi connectivity index (χ1) is 9.32. The van der Waals surface area contributed by atoms with E-state index in [-0.39, 0.29) is 11.3 Å². The van der Waals surface area contributed by atoms with Crippen LogP contribution in [-0.4, -0.2) is 16.2 Å². The number of aromatic carboxylic acids is 1. The van der Waals surface area contributed by atoms with Gasteiger partial charge in [0.15, 0.2) is 0 Å². The molecular weight excluding hydrogens is 252 g/mol. The molecule has 0 spiro atoms. The Kier molecular flexibility index (Phi) is 5.32. The van der Waals surface area contributed by atoms with Crippen LogP contribution < -0.4 is 0 Å². The van der Waals surface area contributed by atoms with E-state index in [1.807, 2.05) is 0 Å². The number of aromatic hydroxyl groups is 1. The number of carboxylic acid groups (broad SMARTS) is 1. The van der Waals surface area contributed by atoms with Gasteiger partial charge in [0.05, 0.1) is 0 Å². The van der Waals surface area contributed by atoms with E-state index in [0.717, 1.165) is 0 Å². The Bertz CT molecular complexity index is 554. The third-order valence-electron chi connectivity index (χ3n) is 2.77. The van der Waals surface area contributed by atoms with E-state index >= 15 is 0 Å². The van der Waals surface area contributed by atoms with Gasteiger partial charge in [0.25, 0.3) is 0 Å². The zero-order chi connectivity index (χ0) is 15.2. The fourth-order valence-corrected chi connectivity index (χ4v) is 1.59. The maximum Gasteiger partial charge on any atom is 0.339 e. The molecule has 2 aromatic rings. The highest BCUT2D eigenvalue weighted by molar-refractivity contribution is 5.90. The average Bonchev–Trinajstić information content (AvgIpc) is 2.40. The Morgan fingerprint density at radius 1 is 0.900 bits per heavy atom. The van der Waals surface area contributed by atoms with E-state index in [2.05, 4.69) is 51.1 Å². The Labute approximate surface area is 119 Å². The van der Waals surface area contributed by atoms with Crippen LogP contribution in [0.15, 0.2) is 54.6 Å². The lowest BCUT2D eigenvalue weighted by Crippen LogP contribution is -2.10. The van der Waals surface area contributed by atoms with Crippen molar-refractivity contribution in [2.75, 3.05) is 0 Å². The standard InChI is InChI=1S/C10H14.C7H6O3/c1-10(2,3)9-7-5-4-6-8-9;8-6-4-2-1-3-5(6)7(9)10/h4-8H,1-3H3;1-4,8H,(H,9,10). The summed E-state index contributed by atoms with van der Waals surface area (Å²) in [7, 11) is 0. The van der Waals surface area contributed by atoms with E-state index in [1.54, 1.807) is 12.1 Å². The highest BCUT2D eigenvalue weighted by atomic mass is 16.4. The van der Waals surface area contributed by atoms with Crippen molar-refractivity contribution in [1.82, 2.24) is 0 Å². The van der Waals surface area contributed by atoms with Crippen molar-refractivity contribution in [1.29, 1.82) is 0 Å². The summed E-state index contributed by atoms with van der Waals surface area (Å²) in [6, 6.07) is 16.4. The summed E-state index contributed by atoms with van der Waals surface area (Å²) >= 11 is 0. The summed E-state index contributed by atoms with van der Waals surface area (Å²) in [5.41, 5.74) is 1.62. The number of hydrogen-bond acceptors (Lipinski definition) is 2. The monoisotopic (exact) mass is 272 g/mol. The lowest BCUT2D eigenvalue weighted by Gasteiger charge is -2.18. The molecule has 0 saturated carbocycles. The molecule has 2 aromatic carbocycles. The normalized spacial score (nSPS) is 10.3. The highest BCUT2D eigenvalue weighted by Gasteiger charge is 2.11. The molecule has 0 atom stereocenters. The second-order valence-electron chi connectivity index (χ2n) is 5.44. The molecule has 0 aliphatic carbocycles. The van der Waals surface area contributed by atoms with Gasteiger partial charge in [0.1, 0.15) is 11.3 Å². The zero-order valence-electron chi connectivity index (χ0n) is 12.0. The van der Waals surface area contributed by atoms with Crippen LogP contribution in [0.25, 0.3) is 0 Å². The van der Waals surface area contributed by atoms with Crippen molar-refractivity contribution in [2.45, 2.75) is 26.2 Å². The topological polar surface area (TPSA) is 57.5 Å². The summed E-state index contributed by atoms with van der Waals surface area (Å²) in [5.74, 6) is -1.31. The number of phenols is 1. The molecule has 3 heteroatoms. The number of para-hydroxylation sites is 1. The summed E-state index contributed by atoms with van der Waals surface area (Å²) in [6.45, 7) is 6.67. The number of carbonyl (C=O) groups is 1. The molecule has 0 aliphatic heterocycles. The van der Waals surface area contributed by atoms with Gasteiger partial charge in [-0.1, -0.05) is 63.2 Å². The van der Waals surface area contributed by atoms with Crippen LogP contribution in [0.2, 0.25) is 0 Å². The fraction of sp³-hybridized carbons (Fsp3) is 0.235. The van der Waals surface area contributed by atoms with Gasteiger partial charge in [-0.3, -0.25) is 0 Å². The number of hydrogen-bond donors (Lipinski definition) is 2. The van der Waals surface area contributed by atoms with E-state index < -0.39 is 5.97 Å². The molecule has 0 heterocycles. The van der Waals surface area contributed by atoms with Crippen LogP contribution in [0.4, 0.5) is 0 Å². The predicted octanol–water partition coefficient (Wildman–Crippen LogP) is 4.07. The van der Waals surface area contributed by atoms with Crippen molar-refractivity contribution in [3.05, 3.63) is 65.7 Å². The first-order valence-electron chi connectivity index (χ1n) is 6.39. The quantitative estimate of drug-likeness (QED) is 0.822. The maximum absolute atomic E-state index is 10.3. The maximum atomic E-state index is 10.3. The number of rotatable bonds is 1. The van der Waals surface area contributed by atoms with E-state index in [4.69, 9.17) is 10.2 Å². The van der Waals surface area contributed by atoms with Crippen molar-refractivity contribution in [2.24, 2.45) is 0 Å². The first-order valence-corrected chi connectivity index (χ1v) is 6.39. The molecule has 0 saturated heterocycles. The Morgan fingerprint density at radius 3 is 1.75 bits per heavy atom. The molecule has 2 N–H and O–H groups in total. The Morgan fingerprint density at radius 2 is 1.40 bits per heavy atom. The lowest BCUT2D eigenvalue weighted by atomic mass is 9.87. The van der Waals surface area contributed by atoms with Gasteiger partial charge in [-0.05, 0) is 23.1 Å². The molecule has 0 unspecified atom stereocenters. The van der Waals surface area contributed by atoms with Crippen LogP contribution in [0, 0.1) is 0 Å². The molecular formula is C17H20O3. The second kappa shape index (κ2) is 6.75. The van der Waals surface area contributed by atoms with Gasteiger partial charge in [-0.15, -0.1) is 0 Å². The summed E-state index contributed by atoms with van der Waals surface area (Å²) in [5, 5.41) is 17.3. The van der Waals surface area contributed by atoms with Gasteiger partial charge < -0.3 is 10.2 Å². The van der Waals surface area contributed by atoms with Gasteiger partial charge >= 0.3 is 5.97 Å². The van der Waals surface area contributed by atoms with E-state index in [9.17, 15) is 4.79 Å². The fourth-order valence-electron chi connectivity index (χ4n) is 1.59. The van der Waals surface area contributed by atoms with Gasteiger partial charge in [-0.2, -0.15) is 0 Å².